The maximum atomic E-state index is 14.0. The van der Waals surface area contributed by atoms with Crippen molar-refractivity contribution in [1.82, 2.24) is 15.1 Å². The van der Waals surface area contributed by atoms with Crippen molar-refractivity contribution in [1.29, 1.82) is 0 Å². The Labute approximate surface area is 222 Å². The molecule has 0 spiro atoms. The molecule has 0 bridgehead atoms. The zero-order chi connectivity index (χ0) is 28.2. The molecule has 0 radical (unpaired) electrons. The van der Waals surface area contributed by atoms with Crippen molar-refractivity contribution in [3.63, 3.8) is 0 Å². The molecule has 12 nitrogen and oxygen atoms in total. The van der Waals surface area contributed by atoms with Crippen LogP contribution in [0.15, 0.2) is 24.3 Å². The minimum absolute atomic E-state index is 0.133. The maximum absolute atomic E-state index is 14.0. The van der Waals surface area contributed by atoms with E-state index in [2.05, 4.69) is 5.32 Å². The van der Waals surface area contributed by atoms with Gasteiger partial charge in [0.2, 0.25) is 23.6 Å². The van der Waals surface area contributed by atoms with E-state index in [9.17, 15) is 29.4 Å². The Morgan fingerprint density at radius 1 is 1.11 bits per heavy atom. The number of primary amides is 1. The minimum Gasteiger partial charge on any atom is -0.497 e. The summed E-state index contributed by atoms with van der Waals surface area (Å²) >= 11 is 0. The molecule has 38 heavy (non-hydrogen) atoms. The summed E-state index contributed by atoms with van der Waals surface area (Å²) in [6.45, 7) is 3.33. The summed E-state index contributed by atoms with van der Waals surface area (Å²) in [6, 6.07) is 3.73. The Balaban J connectivity index is 1.98. The number of nitrogens with zero attached hydrogens (tertiary/aromatic N) is 2. The third-order valence-electron chi connectivity index (χ3n) is 7.53. The number of carbonyl (C=O) groups excluding carboxylic acids is 4. The second-order valence-corrected chi connectivity index (χ2v) is 10.2. The van der Waals surface area contributed by atoms with Gasteiger partial charge in [0.15, 0.2) is 0 Å². The van der Waals surface area contributed by atoms with Gasteiger partial charge in [-0.1, -0.05) is 12.1 Å². The Morgan fingerprint density at radius 3 is 2.32 bits per heavy atom. The number of amides is 4. The summed E-state index contributed by atoms with van der Waals surface area (Å²) in [7, 11) is 1.54. The lowest BCUT2D eigenvalue weighted by atomic mass is 9.86. The molecule has 4 amide bonds. The van der Waals surface area contributed by atoms with Crippen molar-refractivity contribution in [3.05, 3.63) is 29.8 Å². The van der Waals surface area contributed by atoms with Gasteiger partial charge in [-0.2, -0.15) is 0 Å². The Bertz CT molecular complexity index is 1030. The fourth-order valence-corrected chi connectivity index (χ4v) is 5.35. The van der Waals surface area contributed by atoms with Crippen molar-refractivity contribution < 1.29 is 34.1 Å². The summed E-state index contributed by atoms with van der Waals surface area (Å²) in [6.07, 6.45) is -0.415. The largest absolute Gasteiger partial charge is 0.497 e. The topological polar surface area (TPSA) is 189 Å². The number of likely N-dealkylation sites (tertiary alicyclic amines) is 2. The highest BCUT2D eigenvalue weighted by molar-refractivity contribution is 5.98. The predicted octanol–water partition coefficient (Wildman–Crippen LogP) is -1.35. The van der Waals surface area contributed by atoms with E-state index in [1.807, 2.05) is 0 Å². The van der Waals surface area contributed by atoms with E-state index in [1.165, 1.54) is 23.6 Å². The second kappa shape index (κ2) is 12.1. The Morgan fingerprint density at radius 2 is 1.76 bits per heavy atom. The molecule has 12 heteroatoms. The van der Waals surface area contributed by atoms with Crippen LogP contribution in [0.3, 0.4) is 0 Å². The molecule has 2 fully saturated rings. The van der Waals surface area contributed by atoms with E-state index in [1.54, 1.807) is 31.4 Å². The van der Waals surface area contributed by atoms with E-state index >= 15 is 0 Å². The lowest BCUT2D eigenvalue weighted by molar-refractivity contribution is -0.152. The highest BCUT2D eigenvalue weighted by atomic mass is 16.5. The lowest BCUT2D eigenvalue weighted by Gasteiger charge is -2.41. The van der Waals surface area contributed by atoms with Crippen LogP contribution in [0.5, 0.6) is 5.75 Å². The van der Waals surface area contributed by atoms with Gasteiger partial charge in [0, 0.05) is 19.5 Å². The van der Waals surface area contributed by atoms with Crippen molar-refractivity contribution in [3.8, 4) is 5.75 Å². The van der Waals surface area contributed by atoms with Crippen LogP contribution < -0.4 is 21.5 Å². The molecule has 4 unspecified atom stereocenters. The van der Waals surface area contributed by atoms with Crippen LogP contribution in [0, 0.1) is 0 Å². The highest BCUT2D eigenvalue weighted by Crippen LogP contribution is 2.36. The first-order valence-electron chi connectivity index (χ1n) is 12.9. The lowest BCUT2D eigenvalue weighted by Crippen LogP contribution is -2.65. The fourth-order valence-electron chi connectivity index (χ4n) is 5.35. The monoisotopic (exact) mass is 533 g/mol. The molecule has 0 saturated carbocycles. The summed E-state index contributed by atoms with van der Waals surface area (Å²) in [5.41, 5.74) is 10.7. The first-order chi connectivity index (χ1) is 17.9. The van der Waals surface area contributed by atoms with Gasteiger partial charge in [0.1, 0.15) is 29.4 Å². The number of nitrogens with one attached hydrogen (secondary N) is 1. The second-order valence-electron chi connectivity index (χ2n) is 10.2. The van der Waals surface area contributed by atoms with Crippen molar-refractivity contribution in [2.45, 2.75) is 81.8 Å². The number of rotatable bonds is 10. The van der Waals surface area contributed by atoms with E-state index in [-0.39, 0.29) is 13.0 Å². The Hall–Kier alpha value is -3.22. The molecule has 0 aliphatic carbocycles. The first kappa shape index (κ1) is 29.3. The molecule has 3 rings (SSSR count). The third-order valence-corrected chi connectivity index (χ3v) is 7.53. The SMILES string of the molecule is COc1ccc(C[C@@]2(C(=O)NC(C(N)=O)C(C)O)CCCN2C(=O)[C@@H]2CCCN2C(=O)C(N)C(C)O)cc1. The van der Waals surface area contributed by atoms with Crippen molar-refractivity contribution in [2.24, 2.45) is 11.5 Å². The van der Waals surface area contributed by atoms with Crippen LogP contribution in [-0.2, 0) is 25.6 Å². The third kappa shape index (κ3) is 5.92. The molecular weight excluding hydrogens is 494 g/mol. The number of aliphatic hydroxyl groups excluding tert-OH is 2. The van der Waals surface area contributed by atoms with Gasteiger partial charge < -0.3 is 41.5 Å². The van der Waals surface area contributed by atoms with Gasteiger partial charge in [-0.05, 0) is 57.2 Å². The van der Waals surface area contributed by atoms with Gasteiger partial charge >= 0.3 is 0 Å². The number of hydrogen-bond donors (Lipinski definition) is 5. The molecule has 2 saturated heterocycles. The highest BCUT2D eigenvalue weighted by Gasteiger charge is 2.53. The summed E-state index contributed by atoms with van der Waals surface area (Å²) < 4.78 is 5.23. The van der Waals surface area contributed by atoms with E-state index in [4.69, 9.17) is 16.2 Å². The maximum Gasteiger partial charge on any atom is 0.247 e. The first-order valence-corrected chi connectivity index (χ1v) is 12.9. The van der Waals surface area contributed by atoms with Crippen LogP contribution in [0.4, 0.5) is 0 Å². The smallest absolute Gasteiger partial charge is 0.247 e. The number of methoxy groups -OCH3 is 1. The van der Waals surface area contributed by atoms with E-state index < -0.39 is 59.5 Å². The average Bonchev–Trinajstić information content (AvgIpc) is 3.54. The number of aliphatic hydroxyl groups is 2. The Kier molecular flexibility index (Phi) is 9.34. The van der Waals surface area contributed by atoms with Crippen LogP contribution in [0.25, 0.3) is 0 Å². The molecule has 2 aliphatic rings. The van der Waals surface area contributed by atoms with E-state index in [0.29, 0.717) is 38.0 Å². The van der Waals surface area contributed by atoms with Crippen molar-refractivity contribution in [2.75, 3.05) is 20.2 Å². The molecular formula is C26H39N5O7. The zero-order valence-corrected chi connectivity index (χ0v) is 22.1. The molecule has 1 aromatic carbocycles. The quantitative estimate of drug-likeness (QED) is 0.244. The number of benzene rings is 1. The number of hydrogen-bond acceptors (Lipinski definition) is 8. The molecule has 2 heterocycles. The van der Waals surface area contributed by atoms with Gasteiger partial charge in [-0.15, -0.1) is 0 Å². The summed E-state index contributed by atoms with van der Waals surface area (Å²) in [5.74, 6) is -1.81. The normalized spacial score (nSPS) is 24.4. The number of nitrogens with two attached hydrogens (primary N) is 2. The van der Waals surface area contributed by atoms with Crippen LogP contribution >= 0.6 is 0 Å². The zero-order valence-electron chi connectivity index (χ0n) is 22.1. The molecule has 2 aliphatic heterocycles. The van der Waals surface area contributed by atoms with Crippen LogP contribution in [-0.4, -0.2) is 99.7 Å². The van der Waals surface area contributed by atoms with Crippen LogP contribution in [0.2, 0.25) is 0 Å². The average molecular weight is 534 g/mol. The number of carbonyl (C=O) groups is 4. The molecule has 210 valence electrons. The summed E-state index contributed by atoms with van der Waals surface area (Å²) in [4.78, 5) is 55.7. The molecule has 1 aromatic rings. The molecule has 7 N–H and O–H groups in total. The van der Waals surface area contributed by atoms with Gasteiger partial charge in [0.05, 0.1) is 19.3 Å². The predicted molar refractivity (Wildman–Crippen MR) is 138 cm³/mol. The van der Waals surface area contributed by atoms with Gasteiger partial charge in [0.25, 0.3) is 0 Å². The fraction of sp³-hybridized carbons (Fsp3) is 0.615. The molecule has 0 aromatic heterocycles. The minimum atomic E-state index is -1.39. The summed E-state index contributed by atoms with van der Waals surface area (Å²) in [5, 5.41) is 22.5. The van der Waals surface area contributed by atoms with E-state index in [0.717, 1.165) is 5.56 Å². The van der Waals surface area contributed by atoms with Crippen LogP contribution in [0.1, 0.15) is 45.1 Å². The number of ether oxygens (including phenoxy) is 1. The van der Waals surface area contributed by atoms with Gasteiger partial charge in [-0.3, -0.25) is 19.2 Å². The standard InChI is InChI=1S/C26H39N5O7/c1-15(32)20(27)24(36)30-12-4-6-19(30)23(35)31-13-5-11-26(31,14-17-7-9-18(38-3)10-8-17)25(37)29-21(16(2)33)22(28)34/h7-10,15-16,19-21,32-33H,4-6,11-14,27H2,1-3H3,(H2,28,34)(H,29,37)/t15?,16?,19-,20?,21?,26+/m0/s1. The van der Waals surface area contributed by atoms with Gasteiger partial charge in [-0.25, -0.2) is 0 Å². The molecule has 6 atom stereocenters. The van der Waals surface area contributed by atoms with Crippen molar-refractivity contribution >= 4 is 23.6 Å².